The van der Waals surface area contributed by atoms with E-state index in [-0.39, 0.29) is 12.4 Å². The third-order valence-electron chi connectivity index (χ3n) is 5.23. The fraction of sp³-hybridized carbons (Fsp3) is 0.227. The Balaban J connectivity index is 1.57. The van der Waals surface area contributed by atoms with Crippen molar-refractivity contribution in [3.8, 4) is 17.0 Å². The van der Waals surface area contributed by atoms with Crippen LogP contribution in [0.25, 0.3) is 11.1 Å². The van der Waals surface area contributed by atoms with Crippen LogP contribution >= 0.6 is 11.6 Å². The number of nitrogens with zero attached hydrogens (tertiary/aromatic N) is 5. The fourth-order valence-corrected chi connectivity index (χ4v) is 4.05. The number of benzene rings is 2. The van der Waals surface area contributed by atoms with E-state index < -0.39 is 0 Å². The molecule has 0 amide bonds. The smallest absolute Gasteiger partial charge is 0.221 e. The van der Waals surface area contributed by atoms with Crippen LogP contribution in [-0.2, 0) is 19.6 Å². The van der Waals surface area contributed by atoms with Crippen LogP contribution in [0, 0.1) is 5.53 Å². The van der Waals surface area contributed by atoms with Crippen molar-refractivity contribution in [2.75, 3.05) is 18.6 Å². The summed E-state index contributed by atoms with van der Waals surface area (Å²) in [5, 5.41) is 10.4. The number of nitrogens with one attached hydrogen (secondary N) is 2. The van der Waals surface area contributed by atoms with E-state index in [1.807, 2.05) is 48.5 Å². The maximum absolute atomic E-state index is 7.01. The molecule has 1 aromatic heterocycles. The van der Waals surface area contributed by atoms with Gasteiger partial charge in [-0.3, -0.25) is 0 Å². The summed E-state index contributed by atoms with van der Waals surface area (Å²) in [4.78, 5) is 11.4. The Morgan fingerprint density at radius 1 is 1.19 bits per heavy atom. The first-order chi connectivity index (χ1) is 15.6. The van der Waals surface area contributed by atoms with Crippen LogP contribution < -0.4 is 20.8 Å². The van der Waals surface area contributed by atoms with Gasteiger partial charge in [-0.2, -0.15) is 10.1 Å². The third-order valence-corrected chi connectivity index (χ3v) is 5.63. The lowest BCUT2D eigenvalue weighted by Gasteiger charge is -2.20. The van der Waals surface area contributed by atoms with E-state index in [9.17, 15) is 0 Å². The molecule has 0 fully saturated rings. The highest BCUT2D eigenvalue weighted by Gasteiger charge is 2.28. The summed E-state index contributed by atoms with van der Waals surface area (Å²) < 4.78 is 5.54. The molecule has 0 spiro atoms. The standard InChI is InChI=1S/C22H23ClN8O/c1-32-22-16-12-31(13-17(16)27-19(28-22)10-26-11-20(29-24)30-25)18-9-5-8-15(21(18)23)14-6-3-2-4-7-14/h2-9,24,26H,10-13,25H2,1H3/b29-24?,30-20-. The number of fused-ring (bicyclic) bond motifs is 1. The Hall–Kier alpha value is -3.56. The SMILES string of the molecule is COc1nc(CNC/C(N=N)=N/N)nc2c1CN(c1cccc(-c3ccccc3)c1Cl)C2. The zero-order valence-corrected chi connectivity index (χ0v) is 18.3. The number of hydrazone groups is 1. The molecule has 3 aromatic rings. The molecule has 10 heteroatoms. The lowest BCUT2D eigenvalue weighted by atomic mass is 10.0. The van der Waals surface area contributed by atoms with Crippen molar-refractivity contribution in [3.63, 3.8) is 0 Å². The second-order valence-electron chi connectivity index (χ2n) is 7.20. The predicted molar refractivity (Wildman–Crippen MR) is 124 cm³/mol. The quantitative estimate of drug-likeness (QED) is 0.166. The monoisotopic (exact) mass is 450 g/mol. The van der Waals surface area contributed by atoms with Crippen LogP contribution in [-0.4, -0.2) is 29.5 Å². The molecule has 0 aliphatic carbocycles. The highest BCUT2D eigenvalue weighted by molar-refractivity contribution is 6.36. The summed E-state index contributed by atoms with van der Waals surface area (Å²) in [5.74, 6) is 6.49. The minimum atomic E-state index is 0.192. The Bertz CT molecular complexity index is 1150. The predicted octanol–water partition coefficient (Wildman–Crippen LogP) is 3.72. The highest BCUT2D eigenvalue weighted by Crippen LogP contribution is 2.40. The number of methoxy groups -OCH3 is 1. The number of aromatic nitrogens is 2. The second-order valence-corrected chi connectivity index (χ2v) is 7.57. The van der Waals surface area contributed by atoms with E-state index >= 15 is 0 Å². The molecule has 32 heavy (non-hydrogen) atoms. The topological polar surface area (TPSA) is 125 Å². The molecule has 2 aromatic carbocycles. The first-order valence-electron chi connectivity index (χ1n) is 10.0. The van der Waals surface area contributed by atoms with Gasteiger partial charge < -0.3 is 20.8 Å². The zero-order valence-electron chi connectivity index (χ0n) is 17.5. The molecule has 9 nitrogen and oxygen atoms in total. The molecule has 0 saturated carbocycles. The van der Waals surface area contributed by atoms with Gasteiger partial charge in [0.25, 0.3) is 0 Å². The van der Waals surface area contributed by atoms with Crippen LogP contribution in [0.15, 0.2) is 58.7 Å². The van der Waals surface area contributed by atoms with Gasteiger partial charge in [-0.05, 0) is 11.6 Å². The van der Waals surface area contributed by atoms with E-state index in [0.717, 1.165) is 28.1 Å². The van der Waals surface area contributed by atoms with E-state index in [0.29, 0.717) is 36.4 Å². The summed E-state index contributed by atoms with van der Waals surface area (Å²) in [6.45, 7) is 1.81. The number of halogens is 1. The van der Waals surface area contributed by atoms with Gasteiger partial charge in [0.05, 0.1) is 55.3 Å². The van der Waals surface area contributed by atoms with Crippen molar-refractivity contribution in [1.82, 2.24) is 15.3 Å². The normalized spacial score (nSPS) is 13.2. The number of amidine groups is 1. The molecule has 164 valence electrons. The Morgan fingerprint density at radius 3 is 2.72 bits per heavy atom. The van der Waals surface area contributed by atoms with Gasteiger partial charge in [0.1, 0.15) is 5.82 Å². The lowest BCUT2D eigenvalue weighted by Crippen LogP contribution is -2.23. The number of ether oxygens (including phenoxy) is 1. The summed E-state index contributed by atoms with van der Waals surface area (Å²) >= 11 is 6.83. The molecule has 4 rings (SSSR count). The molecular formula is C22H23ClN8O. The zero-order chi connectivity index (χ0) is 22.5. The molecular weight excluding hydrogens is 428 g/mol. The minimum Gasteiger partial charge on any atom is -0.481 e. The van der Waals surface area contributed by atoms with E-state index in [1.54, 1.807) is 7.11 Å². The molecule has 0 bridgehead atoms. The van der Waals surface area contributed by atoms with Crippen molar-refractivity contribution in [1.29, 1.82) is 5.53 Å². The number of nitrogens with two attached hydrogens (primary N) is 1. The molecule has 1 aliphatic rings. The maximum atomic E-state index is 7.01. The highest BCUT2D eigenvalue weighted by atomic mass is 35.5. The van der Waals surface area contributed by atoms with E-state index in [1.165, 1.54) is 0 Å². The van der Waals surface area contributed by atoms with Crippen LogP contribution in [0.5, 0.6) is 5.88 Å². The molecule has 4 N–H and O–H groups in total. The average molecular weight is 451 g/mol. The summed E-state index contributed by atoms with van der Waals surface area (Å²) in [5.41, 5.74) is 11.8. The Morgan fingerprint density at radius 2 is 2.00 bits per heavy atom. The molecule has 0 radical (unpaired) electrons. The van der Waals surface area contributed by atoms with Crippen molar-refractivity contribution in [3.05, 3.63) is 70.6 Å². The molecule has 1 aliphatic heterocycles. The van der Waals surface area contributed by atoms with Gasteiger partial charge in [-0.15, -0.1) is 5.11 Å². The Kier molecular flexibility index (Phi) is 6.58. The van der Waals surface area contributed by atoms with E-state index in [2.05, 4.69) is 25.4 Å². The number of hydrogen-bond acceptors (Lipinski definition) is 8. The average Bonchev–Trinajstić information content (AvgIpc) is 3.26. The largest absolute Gasteiger partial charge is 0.481 e. The van der Waals surface area contributed by atoms with E-state index in [4.69, 9.17) is 32.7 Å². The first-order valence-corrected chi connectivity index (χ1v) is 10.4. The summed E-state index contributed by atoms with van der Waals surface area (Å²) in [6.07, 6.45) is 0. The number of anilines is 1. The summed E-state index contributed by atoms with van der Waals surface area (Å²) in [6, 6.07) is 16.1. The van der Waals surface area contributed by atoms with Crippen LogP contribution in [0.2, 0.25) is 5.02 Å². The van der Waals surface area contributed by atoms with Crippen LogP contribution in [0.1, 0.15) is 17.1 Å². The van der Waals surface area contributed by atoms with Gasteiger partial charge in [0.15, 0.2) is 5.84 Å². The Labute approximate surface area is 190 Å². The van der Waals surface area contributed by atoms with Gasteiger partial charge in [-0.25, -0.2) is 10.5 Å². The summed E-state index contributed by atoms with van der Waals surface area (Å²) in [7, 11) is 1.60. The molecule has 0 saturated heterocycles. The van der Waals surface area contributed by atoms with Crippen molar-refractivity contribution >= 4 is 23.1 Å². The third kappa shape index (κ3) is 4.39. The minimum absolute atomic E-state index is 0.192. The van der Waals surface area contributed by atoms with Gasteiger partial charge in [0.2, 0.25) is 5.88 Å². The molecule has 0 unspecified atom stereocenters. The maximum Gasteiger partial charge on any atom is 0.221 e. The van der Waals surface area contributed by atoms with Gasteiger partial charge in [0, 0.05) is 5.56 Å². The van der Waals surface area contributed by atoms with Gasteiger partial charge in [-0.1, -0.05) is 54.1 Å². The number of rotatable bonds is 7. The van der Waals surface area contributed by atoms with Gasteiger partial charge >= 0.3 is 0 Å². The molecule has 2 heterocycles. The lowest BCUT2D eigenvalue weighted by molar-refractivity contribution is 0.389. The first kappa shape index (κ1) is 21.7. The van der Waals surface area contributed by atoms with Crippen molar-refractivity contribution < 1.29 is 4.74 Å². The van der Waals surface area contributed by atoms with Crippen molar-refractivity contribution in [2.45, 2.75) is 19.6 Å². The van der Waals surface area contributed by atoms with Crippen LogP contribution in [0.3, 0.4) is 0 Å². The second kappa shape index (κ2) is 9.71. The molecule has 0 atom stereocenters. The van der Waals surface area contributed by atoms with Crippen LogP contribution in [0.4, 0.5) is 5.69 Å². The number of hydrogen-bond donors (Lipinski definition) is 3. The fourth-order valence-electron chi connectivity index (χ4n) is 3.70. The van der Waals surface area contributed by atoms with Crippen molar-refractivity contribution in [2.24, 2.45) is 16.1 Å².